The molecule has 1 heterocycles. The Balaban J connectivity index is 2.61. The molecule has 0 radical (unpaired) electrons. The van der Waals surface area contributed by atoms with Crippen LogP contribution in [-0.4, -0.2) is 48.6 Å². The van der Waals surface area contributed by atoms with Crippen LogP contribution in [0.15, 0.2) is 6.20 Å². The molecule has 0 aliphatic heterocycles. The number of nitrogens with zero attached hydrogens (tertiary/aromatic N) is 3. The summed E-state index contributed by atoms with van der Waals surface area (Å²) < 4.78 is 13.2. The van der Waals surface area contributed by atoms with Gasteiger partial charge in [0.1, 0.15) is 0 Å². The number of likely N-dealkylation sites (N-methyl/N-ethyl adjacent to an activating group) is 1. The van der Waals surface area contributed by atoms with E-state index in [9.17, 15) is 4.39 Å². The van der Waals surface area contributed by atoms with Crippen molar-refractivity contribution in [1.29, 1.82) is 0 Å². The fourth-order valence-electron chi connectivity index (χ4n) is 1.71. The van der Waals surface area contributed by atoms with E-state index < -0.39 is 5.82 Å². The van der Waals surface area contributed by atoms with E-state index in [2.05, 4.69) is 32.4 Å². The molecule has 1 aromatic rings. The van der Waals surface area contributed by atoms with Crippen molar-refractivity contribution in [3.63, 3.8) is 0 Å². The summed E-state index contributed by atoms with van der Waals surface area (Å²) in [5, 5.41) is 5.84. The first-order valence-corrected chi connectivity index (χ1v) is 6.19. The summed E-state index contributed by atoms with van der Waals surface area (Å²) in [6, 6.07) is 0.418. The van der Waals surface area contributed by atoms with Crippen molar-refractivity contribution in [2.45, 2.75) is 25.8 Å². The zero-order valence-electron chi connectivity index (χ0n) is 11.5. The minimum atomic E-state index is -0.444. The summed E-state index contributed by atoms with van der Waals surface area (Å²) in [5.74, 6) is 0.217. The second-order valence-corrected chi connectivity index (χ2v) is 4.43. The summed E-state index contributed by atoms with van der Waals surface area (Å²) in [6.45, 7) is 2.90. The van der Waals surface area contributed by atoms with Crippen LogP contribution in [0.2, 0.25) is 0 Å². The van der Waals surface area contributed by atoms with Gasteiger partial charge < -0.3 is 15.5 Å². The number of nitrogens with one attached hydrogen (secondary N) is 2. The maximum atomic E-state index is 13.2. The predicted molar refractivity (Wildman–Crippen MR) is 72.4 cm³/mol. The van der Waals surface area contributed by atoms with Gasteiger partial charge in [0.05, 0.1) is 6.20 Å². The molecule has 6 heteroatoms. The smallest absolute Gasteiger partial charge is 0.224 e. The number of anilines is 2. The van der Waals surface area contributed by atoms with Crippen LogP contribution in [0, 0.1) is 5.82 Å². The van der Waals surface area contributed by atoms with Crippen molar-refractivity contribution in [3.8, 4) is 0 Å². The molecular weight excluding hydrogens is 233 g/mol. The topological polar surface area (TPSA) is 53.1 Å². The van der Waals surface area contributed by atoms with E-state index >= 15 is 0 Å². The first-order valence-electron chi connectivity index (χ1n) is 6.19. The molecular formula is C12H22FN5. The van der Waals surface area contributed by atoms with Crippen molar-refractivity contribution in [1.82, 2.24) is 14.9 Å². The molecule has 1 atom stereocenters. The van der Waals surface area contributed by atoms with Crippen LogP contribution in [-0.2, 0) is 0 Å². The Labute approximate surface area is 108 Å². The largest absolute Gasteiger partial charge is 0.371 e. The van der Waals surface area contributed by atoms with E-state index in [4.69, 9.17) is 0 Å². The van der Waals surface area contributed by atoms with Crippen molar-refractivity contribution < 1.29 is 4.39 Å². The predicted octanol–water partition coefficient (Wildman–Crippen LogP) is 1.80. The molecule has 0 unspecified atom stereocenters. The average molecular weight is 255 g/mol. The molecule has 18 heavy (non-hydrogen) atoms. The van der Waals surface area contributed by atoms with E-state index in [1.165, 1.54) is 6.20 Å². The molecule has 0 amide bonds. The molecule has 0 saturated heterocycles. The standard InChI is InChI=1S/C12H22FN5/c1-5-6-9(18(3)4)7-15-12-16-8-10(13)11(14-2)17-12/h8-9H,5-7H2,1-4H3,(H2,14,15,16,17)/t9-/m0/s1. The van der Waals surface area contributed by atoms with Crippen LogP contribution < -0.4 is 10.6 Å². The van der Waals surface area contributed by atoms with Crippen molar-refractivity contribution >= 4 is 11.8 Å². The van der Waals surface area contributed by atoms with Gasteiger partial charge in [-0.1, -0.05) is 13.3 Å². The Kier molecular flexibility index (Phi) is 5.77. The summed E-state index contributed by atoms with van der Waals surface area (Å²) in [4.78, 5) is 10.1. The van der Waals surface area contributed by atoms with Gasteiger partial charge in [0.25, 0.3) is 0 Å². The summed E-state index contributed by atoms with van der Waals surface area (Å²) in [5.41, 5.74) is 0. The van der Waals surface area contributed by atoms with E-state index in [-0.39, 0.29) is 5.82 Å². The van der Waals surface area contributed by atoms with Gasteiger partial charge in [-0.05, 0) is 20.5 Å². The monoisotopic (exact) mass is 255 g/mol. The molecule has 102 valence electrons. The Hall–Kier alpha value is -1.43. The van der Waals surface area contributed by atoms with Crippen LogP contribution in [0.5, 0.6) is 0 Å². The lowest BCUT2D eigenvalue weighted by Crippen LogP contribution is -2.34. The number of rotatable bonds is 7. The van der Waals surface area contributed by atoms with Gasteiger partial charge in [-0.2, -0.15) is 4.98 Å². The first-order chi connectivity index (χ1) is 8.58. The number of hydrogen-bond acceptors (Lipinski definition) is 5. The summed E-state index contributed by atoms with van der Waals surface area (Å²) in [6.07, 6.45) is 3.39. The molecule has 5 nitrogen and oxygen atoms in total. The number of aromatic nitrogens is 2. The zero-order valence-corrected chi connectivity index (χ0v) is 11.5. The van der Waals surface area contributed by atoms with Crippen molar-refractivity contribution in [2.75, 3.05) is 38.3 Å². The second-order valence-electron chi connectivity index (χ2n) is 4.43. The van der Waals surface area contributed by atoms with Gasteiger partial charge in [0, 0.05) is 19.6 Å². The Bertz CT molecular complexity index is 369. The van der Waals surface area contributed by atoms with Crippen LogP contribution in [0.4, 0.5) is 16.2 Å². The number of halogens is 1. The fraction of sp³-hybridized carbons (Fsp3) is 0.667. The molecule has 1 aromatic heterocycles. The van der Waals surface area contributed by atoms with Gasteiger partial charge in [-0.25, -0.2) is 9.37 Å². The van der Waals surface area contributed by atoms with Crippen molar-refractivity contribution in [3.05, 3.63) is 12.0 Å². The van der Waals surface area contributed by atoms with Gasteiger partial charge >= 0.3 is 0 Å². The van der Waals surface area contributed by atoms with Crippen LogP contribution in [0.3, 0.4) is 0 Å². The Morgan fingerprint density at radius 1 is 1.44 bits per heavy atom. The molecule has 0 saturated carbocycles. The molecule has 1 rings (SSSR count). The van der Waals surface area contributed by atoms with Crippen LogP contribution in [0.25, 0.3) is 0 Å². The summed E-state index contributed by atoms with van der Waals surface area (Å²) in [7, 11) is 5.73. The molecule has 0 bridgehead atoms. The summed E-state index contributed by atoms with van der Waals surface area (Å²) >= 11 is 0. The number of hydrogen-bond donors (Lipinski definition) is 2. The van der Waals surface area contributed by atoms with Gasteiger partial charge in [0.15, 0.2) is 11.6 Å². The third kappa shape index (κ3) is 4.10. The lowest BCUT2D eigenvalue weighted by atomic mass is 10.1. The normalized spacial score (nSPS) is 12.6. The zero-order chi connectivity index (χ0) is 13.5. The lowest BCUT2D eigenvalue weighted by Gasteiger charge is -2.24. The maximum absolute atomic E-state index is 13.2. The third-order valence-corrected chi connectivity index (χ3v) is 2.83. The van der Waals surface area contributed by atoms with E-state index in [0.29, 0.717) is 12.0 Å². The highest BCUT2D eigenvalue weighted by molar-refractivity contribution is 5.40. The van der Waals surface area contributed by atoms with Gasteiger partial charge in [0.2, 0.25) is 5.95 Å². The molecule has 0 aromatic carbocycles. The van der Waals surface area contributed by atoms with Crippen LogP contribution in [0.1, 0.15) is 19.8 Å². The minimum absolute atomic E-state index is 0.212. The molecule has 0 aliphatic carbocycles. The quantitative estimate of drug-likeness (QED) is 0.778. The van der Waals surface area contributed by atoms with Gasteiger partial charge in [-0.3, -0.25) is 0 Å². The first kappa shape index (κ1) is 14.6. The van der Waals surface area contributed by atoms with Gasteiger partial charge in [-0.15, -0.1) is 0 Å². The molecule has 0 spiro atoms. The highest BCUT2D eigenvalue weighted by Crippen LogP contribution is 2.11. The SMILES string of the molecule is CCC[C@@H](CNc1ncc(F)c(NC)n1)N(C)C. The highest BCUT2D eigenvalue weighted by Gasteiger charge is 2.11. The van der Waals surface area contributed by atoms with Crippen molar-refractivity contribution in [2.24, 2.45) is 0 Å². The Morgan fingerprint density at radius 3 is 2.72 bits per heavy atom. The lowest BCUT2D eigenvalue weighted by molar-refractivity contribution is 0.288. The van der Waals surface area contributed by atoms with Crippen LogP contribution >= 0.6 is 0 Å². The van der Waals surface area contributed by atoms with E-state index in [0.717, 1.165) is 19.4 Å². The maximum Gasteiger partial charge on any atom is 0.224 e. The molecule has 2 N–H and O–H groups in total. The van der Waals surface area contributed by atoms with E-state index in [1.807, 2.05) is 14.1 Å². The highest BCUT2D eigenvalue weighted by atomic mass is 19.1. The minimum Gasteiger partial charge on any atom is -0.371 e. The second kappa shape index (κ2) is 7.10. The third-order valence-electron chi connectivity index (χ3n) is 2.83. The van der Waals surface area contributed by atoms with E-state index in [1.54, 1.807) is 7.05 Å². The fourth-order valence-corrected chi connectivity index (χ4v) is 1.71. The average Bonchev–Trinajstić information content (AvgIpc) is 2.35. The Morgan fingerprint density at radius 2 is 2.17 bits per heavy atom. The molecule has 0 fully saturated rings. The molecule has 0 aliphatic rings.